The standard InChI is InChI=1S/C12H16ClNOS/c1-9(8-13)14(2)12(15)10-6-4-5-7-11(10)16-3/h4-7,9H,8H2,1-3H3. The van der Waals surface area contributed by atoms with Crippen LogP contribution in [0.5, 0.6) is 0 Å². The van der Waals surface area contributed by atoms with Crippen LogP contribution in [0.3, 0.4) is 0 Å². The second-order valence-corrected chi connectivity index (χ2v) is 4.78. The molecule has 0 saturated heterocycles. The molecule has 0 aliphatic rings. The minimum absolute atomic E-state index is 0.0260. The molecule has 1 aromatic rings. The van der Waals surface area contributed by atoms with E-state index >= 15 is 0 Å². The third-order valence-electron chi connectivity index (χ3n) is 2.54. The van der Waals surface area contributed by atoms with Gasteiger partial charge in [-0.1, -0.05) is 12.1 Å². The highest BCUT2D eigenvalue weighted by Crippen LogP contribution is 2.21. The molecular formula is C12H16ClNOS. The average molecular weight is 258 g/mol. The van der Waals surface area contributed by atoms with Crippen molar-refractivity contribution in [3.05, 3.63) is 29.8 Å². The van der Waals surface area contributed by atoms with Crippen LogP contribution in [0.1, 0.15) is 17.3 Å². The lowest BCUT2D eigenvalue weighted by Gasteiger charge is -2.23. The lowest BCUT2D eigenvalue weighted by atomic mass is 10.2. The lowest BCUT2D eigenvalue weighted by molar-refractivity contribution is 0.0753. The van der Waals surface area contributed by atoms with Crippen molar-refractivity contribution in [1.29, 1.82) is 0 Å². The van der Waals surface area contributed by atoms with E-state index in [1.165, 1.54) is 0 Å². The first kappa shape index (κ1) is 13.4. The van der Waals surface area contributed by atoms with E-state index in [0.717, 1.165) is 10.5 Å². The number of hydrogen-bond donors (Lipinski definition) is 0. The highest BCUT2D eigenvalue weighted by atomic mass is 35.5. The lowest BCUT2D eigenvalue weighted by Crippen LogP contribution is -2.36. The molecule has 0 bridgehead atoms. The van der Waals surface area contributed by atoms with Crippen molar-refractivity contribution in [3.8, 4) is 0 Å². The van der Waals surface area contributed by atoms with Gasteiger partial charge in [-0.25, -0.2) is 0 Å². The van der Waals surface area contributed by atoms with E-state index in [9.17, 15) is 4.79 Å². The Kier molecular flexibility index (Phi) is 5.16. The molecule has 1 aromatic carbocycles. The van der Waals surface area contributed by atoms with E-state index in [1.807, 2.05) is 37.4 Å². The van der Waals surface area contributed by atoms with Gasteiger partial charge in [0.1, 0.15) is 0 Å². The van der Waals surface area contributed by atoms with E-state index in [1.54, 1.807) is 23.7 Å². The molecule has 4 heteroatoms. The first-order valence-electron chi connectivity index (χ1n) is 5.08. The molecule has 0 aliphatic heterocycles. The van der Waals surface area contributed by atoms with Crippen LogP contribution in [0.2, 0.25) is 0 Å². The highest BCUT2D eigenvalue weighted by molar-refractivity contribution is 7.98. The molecule has 1 amide bonds. The molecule has 16 heavy (non-hydrogen) atoms. The van der Waals surface area contributed by atoms with Crippen LogP contribution in [0.4, 0.5) is 0 Å². The summed E-state index contributed by atoms with van der Waals surface area (Å²) in [6.07, 6.45) is 1.97. The summed E-state index contributed by atoms with van der Waals surface area (Å²) >= 11 is 7.33. The molecule has 0 heterocycles. The Morgan fingerprint density at radius 3 is 2.69 bits per heavy atom. The zero-order chi connectivity index (χ0) is 12.1. The number of nitrogens with zero attached hydrogens (tertiary/aromatic N) is 1. The molecule has 0 fully saturated rings. The predicted molar refractivity (Wildman–Crippen MR) is 70.5 cm³/mol. The number of thioether (sulfide) groups is 1. The van der Waals surface area contributed by atoms with Crippen molar-refractivity contribution in [1.82, 2.24) is 4.90 Å². The largest absolute Gasteiger partial charge is 0.338 e. The molecule has 1 atom stereocenters. The smallest absolute Gasteiger partial charge is 0.255 e. The maximum Gasteiger partial charge on any atom is 0.255 e. The van der Waals surface area contributed by atoms with Gasteiger partial charge in [0.15, 0.2) is 0 Å². The van der Waals surface area contributed by atoms with Crippen LogP contribution in [-0.4, -0.2) is 36.0 Å². The molecule has 0 spiro atoms. The summed E-state index contributed by atoms with van der Waals surface area (Å²) in [5.74, 6) is 0.474. The molecule has 0 radical (unpaired) electrons. The van der Waals surface area contributed by atoms with E-state index in [4.69, 9.17) is 11.6 Å². The first-order valence-corrected chi connectivity index (χ1v) is 6.83. The van der Waals surface area contributed by atoms with Gasteiger partial charge in [-0.15, -0.1) is 23.4 Å². The Hall–Kier alpha value is -0.670. The molecule has 88 valence electrons. The predicted octanol–water partition coefficient (Wildman–Crippen LogP) is 3.11. The van der Waals surface area contributed by atoms with Gasteiger partial charge in [0, 0.05) is 23.9 Å². The summed E-state index contributed by atoms with van der Waals surface area (Å²) in [7, 11) is 1.78. The number of carbonyl (C=O) groups excluding carboxylic acids is 1. The average Bonchev–Trinajstić information content (AvgIpc) is 2.35. The van der Waals surface area contributed by atoms with Crippen molar-refractivity contribution < 1.29 is 4.79 Å². The second kappa shape index (κ2) is 6.16. The van der Waals surface area contributed by atoms with Crippen LogP contribution in [0, 0.1) is 0 Å². The van der Waals surface area contributed by atoms with Gasteiger partial charge in [0.25, 0.3) is 5.91 Å². The number of rotatable bonds is 4. The summed E-state index contributed by atoms with van der Waals surface area (Å²) in [4.78, 5) is 14.9. The summed E-state index contributed by atoms with van der Waals surface area (Å²) in [5.41, 5.74) is 0.745. The van der Waals surface area contributed by atoms with Crippen molar-refractivity contribution in [3.63, 3.8) is 0 Å². The van der Waals surface area contributed by atoms with E-state index in [2.05, 4.69) is 0 Å². The van der Waals surface area contributed by atoms with Gasteiger partial charge in [0.2, 0.25) is 0 Å². The van der Waals surface area contributed by atoms with Gasteiger partial charge >= 0.3 is 0 Å². The molecule has 1 rings (SSSR count). The number of carbonyl (C=O) groups is 1. The van der Waals surface area contributed by atoms with Crippen molar-refractivity contribution in [2.45, 2.75) is 17.9 Å². The fourth-order valence-corrected chi connectivity index (χ4v) is 2.11. The molecular weight excluding hydrogens is 242 g/mol. The molecule has 0 N–H and O–H groups in total. The van der Waals surface area contributed by atoms with Crippen LogP contribution < -0.4 is 0 Å². The van der Waals surface area contributed by atoms with Crippen LogP contribution in [0.15, 0.2) is 29.2 Å². The normalized spacial score (nSPS) is 12.2. The second-order valence-electron chi connectivity index (χ2n) is 3.62. The minimum atomic E-state index is 0.0260. The van der Waals surface area contributed by atoms with Gasteiger partial charge in [-0.05, 0) is 25.3 Å². The number of alkyl halides is 1. The maximum absolute atomic E-state index is 12.2. The van der Waals surface area contributed by atoms with Gasteiger partial charge < -0.3 is 4.90 Å². The van der Waals surface area contributed by atoms with Crippen LogP contribution >= 0.6 is 23.4 Å². The van der Waals surface area contributed by atoms with Gasteiger partial charge in [-0.3, -0.25) is 4.79 Å². The zero-order valence-corrected chi connectivity index (χ0v) is 11.3. The van der Waals surface area contributed by atoms with E-state index in [-0.39, 0.29) is 11.9 Å². The molecule has 0 saturated carbocycles. The summed E-state index contributed by atoms with van der Waals surface area (Å²) in [5, 5.41) is 0. The van der Waals surface area contributed by atoms with Crippen LogP contribution in [0.25, 0.3) is 0 Å². The van der Waals surface area contributed by atoms with Crippen molar-refractivity contribution in [2.75, 3.05) is 19.2 Å². The van der Waals surface area contributed by atoms with Gasteiger partial charge in [-0.2, -0.15) is 0 Å². The van der Waals surface area contributed by atoms with Crippen molar-refractivity contribution in [2.24, 2.45) is 0 Å². The highest BCUT2D eigenvalue weighted by Gasteiger charge is 2.18. The third-order valence-corrected chi connectivity index (χ3v) is 3.78. The summed E-state index contributed by atoms with van der Waals surface area (Å²) in [6.45, 7) is 1.94. The Morgan fingerprint density at radius 2 is 2.12 bits per heavy atom. The topological polar surface area (TPSA) is 20.3 Å². The first-order chi connectivity index (χ1) is 7.61. The Morgan fingerprint density at radius 1 is 1.50 bits per heavy atom. The SMILES string of the molecule is CSc1ccccc1C(=O)N(C)C(C)CCl. The minimum Gasteiger partial charge on any atom is -0.338 e. The number of benzene rings is 1. The summed E-state index contributed by atoms with van der Waals surface area (Å²) in [6, 6.07) is 7.67. The fourth-order valence-electron chi connectivity index (χ4n) is 1.31. The Labute approximate surface area is 106 Å². The zero-order valence-electron chi connectivity index (χ0n) is 9.74. The molecule has 2 nitrogen and oxygen atoms in total. The van der Waals surface area contributed by atoms with E-state index < -0.39 is 0 Å². The van der Waals surface area contributed by atoms with Gasteiger partial charge in [0.05, 0.1) is 5.56 Å². The van der Waals surface area contributed by atoms with Crippen LogP contribution in [-0.2, 0) is 0 Å². The number of amides is 1. The van der Waals surface area contributed by atoms with E-state index in [0.29, 0.717) is 5.88 Å². The molecule has 0 aromatic heterocycles. The Bertz CT molecular complexity index is 370. The quantitative estimate of drug-likeness (QED) is 0.610. The molecule has 0 aliphatic carbocycles. The molecule has 1 unspecified atom stereocenters. The monoisotopic (exact) mass is 257 g/mol. The fraction of sp³-hybridized carbons (Fsp3) is 0.417. The number of hydrogen-bond acceptors (Lipinski definition) is 2. The number of halogens is 1. The van der Waals surface area contributed by atoms with Crippen molar-refractivity contribution >= 4 is 29.3 Å². The maximum atomic E-state index is 12.2. The summed E-state index contributed by atoms with van der Waals surface area (Å²) < 4.78 is 0. The Balaban J connectivity index is 2.95. The third kappa shape index (κ3) is 2.92.